The highest BCUT2D eigenvalue weighted by atomic mass is 19.1. The van der Waals surface area contributed by atoms with E-state index in [1.807, 2.05) is 16.1 Å². The molecule has 0 aliphatic heterocycles. The Labute approximate surface area is 261 Å². The zero-order valence-electron chi connectivity index (χ0n) is 25.6. The molecule has 45 heavy (non-hydrogen) atoms. The third-order valence-electron chi connectivity index (χ3n) is 9.04. The van der Waals surface area contributed by atoms with Crippen LogP contribution in [0, 0.1) is 5.82 Å². The number of nitrogens with one attached hydrogen (secondary N) is 2. The van der Waals surface area contributed by atoms with Gasteiger partial charge in [0.05, 0.1) is 18.0 Å². The number of nitrogens with zero attached hydrogens (tertiary/aromatic N) is 3. The SMILES string of the molecule is CCOC(=O)C=Cc1ccc(NC(=O)C2(NC(=O)c3cc4n(C)c(-c5ccc(F)cc5)c(C5CCCCC5)n4n3)CCC2)cc1. The fraction of sp³-hybridized carbons (Fsp3) is 0.371. The number of amides is 2. The second-order valence-electron chi connectivity index (χ2n) is 12.0. The van der Waals surface area contributed by atoms with E-state index in [-0.39, 0.29) is 23.3 Å². The molecule has 2 aromatic heterocycles. The zero-order valence-corrected chi connectivity index (χ0v) is 25.6. The number of carbonyl (C=O) groups is 3. The van der Waals surface area contributed by atoms with Crippen LogP contribution in [-0.2, 0) is 21.4 Å². The quantitative estimate of drug-likeness (QED) is 0.168. The lowest BCUT2D eigenvalue weighted by molar-refractivity contribution is -0.137. The maximum atomic E-state index is 13.8. The Bertz CT molecular complexity index is 1740. The van der Waals surface area contributed by atoms with Crippen LogP contribution >= 0.6 is 0 Å². The number of aromatic nitrogens is 3. The van der Waals surface area contributed by atoms with Crippen molar-refractivity contribution in [3.63, 3.8) is 0 Å². The van der Waals surface area contributed by atoms with Crippen LogP contribution in [0.15, 0.2) is 60.7 Å². The molecule has 2 heterocycles. The van der Waals surface area contributed by atoms with Gasteiger partial charge in [0, 0.05) is 36.4 Å². The summed E-state index contributed by atoms with van der Waals surface area (Å²) in [5.74, 6) is -1.10. The molecule has 2 aromatic carbocycles. The molecule has 2 N–H and O–H groups in total. The summed E-state index contributed by atoms with van der Waals surface area (Å²) in [4.78, 5) is 38.7. The first-order chi connectivity index (χ1) is 21.8. The van der Waals surface area contributed by atoms with E-state index in [2.05, 4.69) is 10.6 Å². The molecule has 0 bridgehead atoms. The maximum Gasteiger partial charge on any atom is 0.330 e. The first kappa shape index (κ1) is 30.3. The van der Waals surface area contributed by atoms with E-state index in [1.54, 1.807) is 55.5 Å². The summed E-state index contributed by atoms with van der Waals surface area (Å²) < 4.78 is 22.6. The number of ether oxygens (including phenoxy) is 1. The van der Waals surface area contributed by atoms with Crippen LogP contribution in [0.3, 0.4) is 0 Å². The molecule has 4 aromatic rings. The Balaban J connectivity index is 1.22. The highest BCUT2D eigenvalue weighted by molar-refractivity contribution is 6.04. The number of hydrogen-bond donors (Lipinski definition) is 2. The van der Waals surface area contributed by atoms with E-state index in [4.69, 9.17) is 9.84 Å². The van der Waals surface area contributed by atoms with Gasteiger partial charge in [-0.15, -0.1) is 0 Å². The number of halogens is 1. The molecule has 6 rings (SSSR count). The van der Waals surface area contributed by atoms with Gasteiger partial charge >= 0.3 is 5.97 Å². The minimum atomic E-state index is -1.03. The van der Waals surface area contributed by atoms with Crippen LogP contribution < -0.4 is 10.6 Å². The fourth-order valence-electron chi connectivity index (χ4n) is 6.48. The van der Waals surface area contributed by atoms with Gasteiger partial charge in [0.2, 0.25) is 5.91 Å². The summed E-state index contributed by atoms with van der Waals surface area (Å²) in [6.07, 6.45) is 10.4. The molecule has 234 valence electrons. The average Bonchev–Trinajstić information content (AvgIpc) is 3.58. The highest BCUT2D eigenvalue weighted by Gasteiger charge is 2.46. The standard InChI is InChI=1S/C35H38FN5O4/c1-3-45-30(42)19-12-23-10-17-27(18-11-23)37-34(44)35(20-7-21-35)38-33(43)28-22-29-40(2)31(25-13-15-26(36)16-14-25)32(41(29)39-28)24-8-5-4-6-9-24/h10-19,22,24H,3-9,20-21H2,1-2H3,(H,37,44)(H,38,43). The predicted octanol–water partition coefficient (Wildman–Crippen LogP) is 6.39. The predicted molar refractivity (Wildman–Crippen MR) is 170 cm³/mol. The number of fused-ring (bicyclic) bond motifs is 1. The van der Waals surface area contributed by atoms with Gasteiger partial charge in [-0.1, -0.05) is 31.4 Å². The molecule has 0 unspecified atom stereocenters. The minimum Gasteiger partial charge on any atom is -0.463 e. The summed E-state index contributed by atoms with van der Waals surface area (Å²) in [6.45, 7) is 2.06. The van der Waals surface area contributed by atoms with Crippen molar-refractivity contribution in [1.82, 2.24) is 19.5 Å². The van der Waals surface area contributed by atoms with Crippen molar-refractivity contribution in [3.8, 4) is 11.3 Å². The first-order valence-corrected chi connectivity index (χ1v) is 15.7. The Hall–Kier alpha value is -4.73. The molecule has 0 atom stereocenters. The van der Waals surface area contributed by atoms with Gasteiger partial charge < -0.3 is 19.9 Å². The first-order valence-electron chi connectivity index (χ1n) is 15.7. The molecule has 0 spiro atoms. The number of carbonyl (C=O) groups excluding carboxylic acids is 3. The third-order valence-corrected chi connectivity index (χ3v) is 9.04. The largest absolute Gasteiger partial charge is 0.463 e. The zero-order chi connectivity index (χ0) is 31.6. The third kappa shape index (κ3) is 6.14. The topological polar surface area (TPSA) is 107 Å². The van der Waals surface area contributed by atoms with E-state index in [9.17, 15) is 18.8 Å². The number of anilines is 1. The van der Waals surface area contributed by atoms with Crippen LogP contribution in [0.2, 0.25) is 0 Å². The van der Waals surface area contributed by atoms with E-state index in [0.717, 1.165) is 60.3 Å². The lowest BCUT2D eigenvalue weighted by atomic mass is 9.75. The number of imidazole rings is 1. The lowest BCUT2D eigenvalue weighted by Crippen LogP contribution is -2.61. The van der Waals surface area contributed by atoms with Crippen molar-refractivity contribution in [3.05, 3.63) is 83.4 Å². The Morgan fingerprint density at radius 1 is 1.02 bits per heavy atom. The normalized spacial score (nSPS) is 16.4. The average molecular weight is 612 g/mol. The summed E-state index contributed by atoms with van der Waals surface area (Å²) >= 11 is 0. The summed E-state index contributed by atoms with van der Waals surface area (Å²) in [5.41, 5.74) is 4.29. The van der Waals surface area contributed by atoms with Crippen molar-refractivity contribution in [2.24, 2.45) is 7.05 Å². The number of hydrogen-bond acceptors (Lipinski definition) is 5. The Morgan fingerprint density at radius 2 is 1.73 bits per heavy atom. The van der Waals surface area contributed by atoms with Gasteiger partial charge in [0.25, 0.3) is 5.91 Å². The van der Waals surface area contributed by atoms with Gasteiger partial charge in [-0.3, -0.25) is 9.59 Å². The highest BCUT2D eigenvalue weighted by Crippen LogP contribution is 2.40. The van der Waals surface area contributed by atoms with Gasteiger partial charge in [-0.25, -0.2) is 13.7 Å². The van der Waals surface area contributed by atoms with Crippen LogP contribution in [0.25, 0.3) is 23.0 Å². The Kier molecular flexibility index (Phi) is 8.56. The van der Waals surface area contributed by atoms with Crippen LogP contribution in [0.4, 0.5) is 10.1 Å². The molecule has 9 nitrogen and oxygen atoms in total. The van der Waals surface area contributed by atoms with Gasteiger partial charge in [0.15, 0.2) is 5.69 Å². The van der Waals surface area contributed by atoms with E-state index < -0.39 is 17.4 Å². The van der Waals surface area contributed by atoms with Crippen molar-refractivity contribution in [2.75, 3.05) is 11.9 Å². The molecule has 2 saturated carbocycles. The van der Waals surface area contributed by atoms with Crippen molar-refractivity contribution in [2.45, 2.75) is 69.7 Å². The van der Waals surface area contributed by atoms with Crippen LogP contribution in [-0.4, -0.2) is 44.1 Å². The number of benzene rings is 2. The lowest BCUT2D eigenvalue weighted by Gasteiger charge is -2.40. The Morgan fingerprint density at radius 3 is 2.38 bits per heavy atom. The molecule has 2 aliphatic rings. The van der Waals surface area contributed by atoms with E-state index >= 15 is 0 Å². The smallest absolute Gasteiger partial charge is 0.330 e. The molecule has 0 radical (unpaired) electrons. The monoisotopic (exact) mass is 611 g/mol. The minimum absolute atomic E-state index is 0.250. The molecule has 2 amide bonds. The summed E-state index contributed by atoms with van der Waals surface area (Å²) in [7, 11) is 1.95. The van der Waals surface area contributed by atoms with Crippen molar-refractivity contribution >= 4 is 35.2 Å². The van der Waals surface area contributed by atoms with Crippen molar-refractivity contribution < 1.29 is 23.5 Å². The molecular formula is C35H38FN5O4. The molecule has 0 saturated heterocycles. The van der Waals surface area contributed by atoms with Crippen LogP contribution in [0.1, 0.15) is 86.0 Å². The van der Waals surface area contributed by atoms with Gasteiger partial charge in [-0.2, -0.15) is 5.10 Å². The second kappa shape index (κ2) is 12.7. The molecular weight excluding hydrogens is 573 g/mol. The van der Waals surface area contributed by atoms with E-state index in [1.165, 1.54) is 24.6 Å². The number of rotatable bonds is 9. The summed E-state index contributed by atoms with van der Waals surface area (Å²) in [6, 6.07) is 15.4. The molecule has 2 fully saturated rings. The fourth-order valence-corrected chi connectivity index (χ4v) is 6.48. The summed E-state index contributed by atoms with van der Waals surface area (Å²) in [5, 5.41) is 10.7. The van der Waals surface area contributed by atoms with Crippen molar-refractivity contribution in [1.29, 1.82) is 0 Å². The van der Waals surface area contributed by atoms with Gasteiger partial charge in [-0.05, 0) is 87.1 Å². The molecule has 10 heteroatoms. The van der Waals surface area contributed by atoms with Gasteiger partial charge in [0.1, 0.15) is 17.0 Å². The number of aryl methyl sites for hydroxylation is 1. The maximum absolute atomic E-state index is 13.8. The van der Waals surface area contributed by atoms with Crippen LogP contribution in [0.5, 0.6) is 0 Å². The van der Waals surface area contributed by atoms with E-state index in [0.29, 0.717) is 25.1 Å². The molecule has 2 aliphatic carbocycles. The number of esters is 1. The second-order valence-corrected chi connectivity index (χ2v) is 12.0.